The van der Waals surface area contributed by atoms with Crippen molar-refractivity contribution in [3.8, 4) is 0 Å². The summed E-state index contributed by atoms with van der Waals surface area (Å²) in [5, 5.41) is 3.99. The lowest BCUT2D eigenvalue weighted by molar-refractivity contribution is -0.121. The van der Waals surface area contributed by atoms with Crippen molar-refractivity contribution in [2.24, 2.45) is 0 Å². The van der Waals surface area contributed by atoms with E-state index in [4.69, 9.17) is 11.6 Å². The molecule has 0 saturated carbocycles. The highest BCUT2D eigenvalue weighted by Crippen LogP contribution is 2.26. The summed E-state index contributed by atoms with van der Waals surface area (Å²) in [5.41, 5.74) is 4.22. The van der Waals surface area contributed by atoms with Crippen LogP contribution in [0.15, 0.2) is 47.4 Å². The molecule has 0 aliphatic heterocycles. The fourth-order valence-electron chi connectivity index (χ4n) is 3.61. The van der Waals surface area contributed by atoms with Crippen LogP contribution >= 0.6 is 23.4 Å². The van der Waals surface area contributed by atoms with Gasteiger partial charge in [0.15, 0.2) is 0 Å². The molecule has 0 radical (unpaired) electrons. The van der Waals surface area contributed by atoms with E-state index in [9.17, 15) is 4.79 Å². The highest BCUT2D eigenvalue weighted by molar-refractivity contribution is 7.99. The lowest BCUT2D eigenvalue weighted by atomic mass is 9.89. The van der Waals surface area contributed by atoms with Gasteiger partial charge < -0.3 is 5.32 Å². The number of hydrogen-bond acceptors (Lipinski definition) is 2. The van der Waals surface area contributed by atoms with Gasteiger partial charge in [-0.25, -0.2) is 0 Å². The normalized spacial score (nSPS) is 14.4. The number of rotatable bonds is 8. The number of amides is 1. The Morgan fingerprint density at radius 2 is 1.85 bits per heavy atom. The number of halogens is 1. The maximum atomic E-state index is 12.4. The van der Waals surface area contributed by atoms with Crippen molar-refractivity contribution in [2.45, 2.75) is 62.8 Å². The van der Waals surface area contributed by atoms with Crippen molar-refractivity contribution in [1.29, 1.82) is 0 Å². The van der Waals surface area contributed by atoms with Crippen molar-refractivity contribution >= 4 is 29.3 Å². The van der Waals surface area contributed by atoms with Crippen molar-refractivity contribution < 1.29 is 4.79 Å². The third kappa shape index (κ3) is 6.02. The molecule has 1 N–H and O–H groups in total. The van der Waals surface area contributed by atoms with Gasteiger partial charge >= 0.3 is 0 Å². The first kappa shape index (κ1) is 20.3. The van der Waals surface area contributed by atoms with Gasteiger partial charge in [-0.1, -0.05) is 36.7 Å². The van der Waals surface area contributed by atoms with E-state index in [0.29, 0.717) is 6.42 Å². The summed E-state index contributed by atoms with van der Waals surface area (Å²) in [4.78, 5) is 13.6. The van der Waals surface area contributed by atoms with Gasteiger partial charge in [-0.3, -0.25) is 4.79 Å². The van der Waals surface area contributed by atoms with Gasteiger partial charge in [-0.2, -0.15) is 0 Å². The molecule has 2 nitrogen and oxygen atoms in total. The van der Waals surface area contributed by atoms with Crippen LogP contribution < -0.4 is 5.32 Å². The van der Waals surface area contributed by atoms with E-state index < -0.39 is 0 Å². The molecular weight excluding hydrogens is 374 g/mol. The Bertz CT molecular complexity index is 759. The monoisotopic (exact) mass is 401 g/mol. The van der Waals surface area contributed by atoms with E-state index in [0.717, 1.165) is 23.6 Å². The number of benzene rings is 2. The van der Waals surface area contributed by atoms with Crippen molar-refractivity contribution in [1.82, 2.24) is 5.32 Å². The first-order chi connectivity index (χ1) is 13.2. The molecule has 1 aliphatic rings. The van der Waals surface area contributed by atoms with E-state index >= 15 is 0 Å². The summed E-state index contributed by atoms with van der Waals surface area (Å²) in [6.07, 6.45) is 7.32. The Hall–Kier alpha value is -1.45. The number of hydrogen-bond donors (Lipinski definition) is 1. The summed E-state index contributed by atoms with van der Waals surface area (Å²) in [5.74, 6) is 1.08. The molecule has 2 aromatic carbocycles. The van der Waals surface area contributed by atoms with Crippen LogP contribution in [0.2, 0.25) is 5.02 Å². The first-order valence-corrected chi connectivity index (χ1v) is 11.3. The Morgan fingerprint density at radius 1 is 1.11 bits per heavy atom. The zero-order valence-electron chi connectivity index (χ0n) is 16.0. The van der Waals surface area contributed by atoms with Gasteiger partial charge in [0.05, 0.1) is 6.04 Å². The van der Waals surface area contributed by atoms with Crippen LogP contribution in [0.4, 0.5) is 0 Å². The molecule has 0 saturated heterocycles. The SMILES string of the molecule is CC[C@@H](NC(=O)CCCSc1ccc(Cl)cc1)c1ccc2c(c1)CCCC2. The summed E-state index contributed by atoms with van der Waals surface area (Å²) in [7, 11) is 0. The van der Waals surface area contributed by atoms with Crippen molar-refractivity contribution in [2.75, 3.05) is 5.75 Å². The van der Waals surface area contributed by atoms with Gasteiger partial charge in [-0.05, 0) is 85.2 Å². The van der Waals surface area contributed by atoms with E-state index in [1.165, 1.54) is 47.3 Å². The van der Waals surface area contributed by atoms with Crippen LogP contribution in [0.3, 0.4) is 0 Å². The summed E-state index contributed by atoms with van der Waals surface area (Å²) < 4.78 is 0. The van der Waals surface area contributed by atoms with Crippen LogP contribution in [0.5, 0.6) is 0 Å². The van der Waals surface area contributed by atoms with Gasteiger partial charge in [0.1, 0.15) is 0 Å². The topological polar surface area (TPSA) is 29.1 Å². The third-order valence-electron chi connectivity index (χ3n) is 5.15. The number of fused-ring (bicyclic) bond motifs is 1. The third-order valence-corrected chi connectivity index (χ3v) is 6.50. The van der Waals surface area contributed by atoms with Gasteiger partial charge in [0, 0.05) is 16.3 Å². The largest absolute Gasteiger partial charge is 0.349 e. The maximum absolute atomic E-state index is 12.4. The first-order valence-electron chi connectivity index (χ1n) is 9.95. The average Bonchev–Trinajstić information content (AvgIpc) is 2.70. The fraction of sp³-hybridized carbons (Fsp3) is 0.435. The Labute approximate surface area is 172 Å². The molecule has 144 valence electrons. The van der Waals surface area contributed by atoms with Crippen molar-refractivity contribution in [3.63, 3.8) is 0 Å². The Morgan fingerprint density at radius 3 is 2.59 bits per heavy atom. The smallest absolute Gasteiger partial charge is 0.220 e. The standard InChI is InChI=1S/C23H28ClNOS/c1-2-22(19-10-9-17-6-3-4-7-18(17)16-19)25-23(26)8-5-15-27-21-13-11-20(24)12-14-21/h9-14,16,22H,2-8,15H2,1H3,(H,25,26)/t22-/m1/s1. The predicted octanol–water partition coefficient (Wildman–Crippen LogP) is 6.36. The van der Waals surface area contributed by atoms with E-state index in [1.807, 2.05) is 24.3 Å². The number of carbonyl (C=O) groups excluding carboxylic acids is 1. The predicted molar refractivity (Wildman–Crippen MR) is 116 cm³/mol. The zero-order valence-corrected chi connectivity index (χ0v) is 17.5. The van der Waals surface area contributed by atoms with Gasteiger partial charge in [0.25, 0.3) is 0 Å². The Balaban J connectivity index is 1.46. The van der Waals surface area contributed by atoms with Crippen LogP contribution in [-0.4, -0.2) is 11.7 Å². The molecule has 0 spiro atoms. The van der Waals surface area contributed by atoms with Crippen molar-refractivity contribution in [3.05, 3.63) is 64.2 Å². The van der Waals surface area contributed by atoms with E-state index in [-0.39, 0.29) is 11.9 Å². The summed E-state index contributed by atoms with van der Waals surface area (Å²) in [6.45, 7) is 2.14. The van der Waals surface area contributed by atoms with E-state index in [1.54, 1.807) is 11.8 Å². The zero-order chi connectivity index (χ0) is 19.1. The lowest BCUT2D eigenvalue weighted by Crippen LogP contribution is -2.28. The molecule has 4 heteroatoms. The molecule has 27 heavy (non-hydrogen) atoms. The molecule has 0 heterocycles. The molecule has 0 fully saturated rings. The molecule has 2 aromatic rings. The number of nitrogens with one attached hydrogen (secondary N) is 1. The summed E-state index contributed by atoms with van der Waals surface area (Å²) >= 11 is 7.67. The molecule has 0 aromatic heterocycles. The summed E-state index contributed by atoms with van der Waals surface area (Å²) in [6, 6.07) is 14.8. The van der Waals surface area contributed by atoms with Crippen LogP contribution in [0, 0.1) is 0 Å². The second-order valence-corrected chi connectivity index (χ2v) is 8.77. The van der Waals surface area contributed by atoms with E-state index in [2.05, 4.69) is 30.4 Å². The lowest BCUT2D eigenvalue weighted by Gasteiger charge is -2.21. The minimum Gasteiger partial charge on any atom is -0.349 e. The minimum absolute atomic E-state index is 0.119. The average molecular weight is 402 g/mol. The highest BCUT2D eigenvalue weighted by atomic mass is 35.5. The maximum Gasteiger partial charge on any atom is 0.220 e. The van der Waals surface area contributed by atoms with Crippen LogP contribution in [0.1, 0.15) is 61.8 Å². The molecule has 0 unspecified atom stereocenters. The second kappa shape index (κ2) is 10.2. The van der Waals surface area contributed by atoms with Gasteiger partial charge in [-0.15, -0.1) is 11.8 Å². The van der Waals surface area contributed by atoms with Crippen LogP contribution in [-0.2, 0) is 17.6 Å². The molecule has 1 amide bonds. The highest BCUT2D eigenvalue weighted by Gasteiger charge is 2.16. The molecular formula is C23H28ClNOS. The molecule has 1 atom stereocenters. The second-order valence-electron chi connectivity index (χ2n) is 7.17. The molecule has 3 rings (SSSR count). The van der Waals surface area contributed by atoms with Crippen LogP contribution in [0.25, 0.3) is 0 Å². The fourth-order valence-corrected chi connectivity index (χ4v) is 4.59. The molecule has 1 aliphatic carbocycles. The number of aryl methyl sites for hydroxylation is 2. The number of thioether (sulfide) groups is 1. The minimum atomic E-state index is 0.119. The Kier molecular flexibility index (Phi) is 7.66. The van der Waals surface area contributed by atoms with Gasteiger partial charge in [0.2, 0.25) is 5.91 Å². The molecule has 0 bridgehead atoms. The number of carbonyl (C=O) groups is 1. The quantitative estimate of drug-likeness (QED) is 0.412.